The normalized spacial score (nSPS) is 16.4. The highest BCUT2D eigenvalue weighted by Gasteiger charge is 2.26. The first-order valence-corrected chi connectivity index (χ1v) is 8.47. The van der Waals surface area contributed by atoms with Crippen molar-refractivity contribution < 1.29 is 27.8 Å². The largest absolute Gasteiger partial charge is 0.494 e. The zero-order chi connectivity index (χ0) is 16.0. The maximum absolute atomic E-state index is 12.4. The van der Waals surface area contributed by atoms with Crippen molar-refractivity contribution in [3.05, 3.63) is 24.3 Å². The minimum absolute atomic E-state index is 0.0451. The Morgan fingerprint density at radius 2 is 1.86 bits per heavy atom. The van der Waals surface area contributed by atoms with Crippen molar-refractivity contribution in [2.45, 2.75) is 17.7 Å². The maximum Gasteiger partial charge on any atom is 0.303 e. The van der Waals surface area contributed by atoms with Gasteiger partial charge in [0.15, 0.2) is 0 Å². The van der Waals surface area contributed by atoms with Gasteiger partial charge in [0, 0.05) is 19.5 Å². The first kappa shape index (κ1) is 16.7. The predicted molar refractivity (Wildman–Crippen MR) is 78.4 cm³/mol. The van der Waals surface area contributed by atoms with Crippen molar-refractivity contribution in [1.82, 2.24) is 4.31 Å². The van der Waals surface area contributed by atoms with Gasteiger partial charge in [-0.1, -0.05) is 0 Å². The van der Waals surface area contributed by atoms with E-state index in [1.54, 1.807) is 12.1 Å². The summed E-state index contributed by atoms with van der Waals surface area (Å²) in [5.41, 5.74) is 0. The van der Waals surface area contributed by atoms with Crippen LogP contribution in [0.15, 0.2) is 29.2 Å². The number of morpholine rings is 1. The molecule has 8 heteroatoms. The first-order valence-electron chi connectivity index (χ1n) is 7.03. The standard InChI is InChI=1S/C14H19NO6S/c16-14(17)2-1-9-21-12-3-5-13(6-4-12)22(18,19)15-7-10-20-11-8-15/h3-6H,1-2,7-11H2,(H,16,17). The first-order chi connectivity index (χ1) is 10.5. The van der Waals surface area contributed by atoms with Crippen LogP contribution in [0.2, 0.25) is 0 Å². The Kier molecular flexibility index (Phi) is 5.76. The van der Waals surface area contributed by atoms with Crippen LogP contribution < -0.4 is 4.74 Å². The van der Waals surface area contributed by atoms with Crippen LogP contribution in [0.5, 0.6) is 5.75 Å². The molecule has 1 saturated heterocycles. The molecule has 1 aliphatic heterocycles. The minimum Gasteiger partial charge on any atom is -0.494 e. The van der Waals surface area contributed by atoms with Gasteiger partial charge in [0.05, 0.1) is 24.7 Å². The van der Waals surface area contributed by atoms with E-state index in [1.807, 2.05) is 0 Å². The third kappa shape index (κ3) is 4.43. The smallest absolute Gasteiger partial charge is 0.303 e. The molecule has 0 amide bonds. The quantitative estimate of drug-likeness (QED) is 0.749. The summed E-state index contributed by atoms with van der Waals surface area (Å²) >= 11 is 0. The van der Waals surface area contributed by atoms with E-state index < -0.39 is 16.0 Å². The minimum atomic E-state index is -3.50. The average Bonchev–Trinajstić information content (AvgIpc) is 2.53. The summed E-state index contributed by atoms with van der Waals surface area (Å²) in [6.45, 7) is 1.81. The fraction of sp³-hybridized carbons (Fsp3) is 0.500. The van der Waals surface area contributed by atoms with Gasteiger partial charge in [0.2, 0.25) is 10.0 Å². The lowest BCUT2D eigenvalue weighted by Crippen LogP contribution is -2.40. The zero-order valence-electron chi connectivity index (χ0n) is 12.1. The summed E-state index contributed by atoms with van der Waals surface area (Å²) in [5, 5.41) is 8.52. The molecule has 22 heavy (non-hydrogen) atoms. The van der Waals surface area contributed by atoms with Crippen molar-refractivity contribution in [3.8, 4) is 5.75 Å². The summed E-state index contributed by atoms with van der Waals surface area (Å²) in [6.07, 6.45) is 0.451. The van der Waals surface area contributed by atoms with Crippen LogP contribution in [0.1, 0.15) is 12.8 Å². The van der Waals surface area contributed by atoms with E-state index in [4.69, 9.17) is 14.6 Å². The Morgan fingerprint density at radius 1 is 1.23 bits per heavy atom. The Morgan fingerprint density at radius 3 is 2.45 bits per heavy atom. The molecular weight excluding hydrogens is 310 g/mol. The van der Waals surface area contributed by atoms with E-state index in [-0.39, 0.29) is 17.9 Å². The Balaban J connectivity index is 1.94. The van der Waals surface area contributed by atoms with Gasteiger partial charge in [-0.25, -0.2) is 8.42 Å². The van der Waals surface area contributed by atoms with E-state index in [2.05, 4.69) is 0 Å². The second-order valence-electron chi connectivity index (χ2n) is 4.83. The molecule has 2 rings (SSSR count). The van der Waals surface area contributed by atoms with Gasteiger partial charge in [0.1, 0.15) is 5.75 Å². The van der Waals surface area contributed by atoms with Crippen LogP contribution in [0, 0.1) is 0 Å². The van der Waals surface area contributed by atoms with Crippen LogP contribution in [-0.2, 0) is 19.6 Å². The molecule has 0 aromatic heterocycles. The Bertz CT molecular complexity index is 592. The average molecular weight is 329 g/mol. The van der Waals surface area contributed by atoms with Crippen LogP contribution in [0.4, 0.5) is 0 Å². The Labute approximate surface area is 129 Å². The predicted octanol–water partition coefficient (Wildman–Crippen LogP) is 0.951. The summed E-state index contributed by atoms with van der Waals surface area (Å²) in [5.74, 6) is -0.345. The number of benzene rings is 1. The van der Waals surface area contributed by atoms with Crippen LogP contribution >= 0.6 is 0 Å². The fourth-order valence-corrected chi connectivity index (χ4v) is 3.47. The molecule has 1 N–H and O–H groups in total. The molecule has 1 aromatic rings. The number of nitrogens with zero attached hydrogens (tertiary/aromatic N) is 1. The Hall–Kier alpha value is -1.64. The summed E-state index contributed by atoms with van der Waals surface area (Å²) in [6, 6.07) is 6.15. The second kappa shape index (κ2) is 7.57. The van der Waals surface area contributed by atoms with Crippen molar-refractivity contribution >= 4 is 16.0 Å². The van der Waals surface area contributed by atoms with Gasteiger partial charge in [-0.3, -0.25) is 4.79 Å². The number of aliphatic carboxylic acids is 1. The lowest BCUT2D eigenvalue weighted by atomic mass is 10.3. The van der Waals surface area contributed by atoms with E-state index in [1.165, 1.54) is 16.4 Å². The van der Waals surface area contributed by atoms with Crippen LogP contribution in [0.3, 0.4) is 0 Å². The topological polar surface area (TPSA) is 93.1 Å². The number of hydrogen-bond donors (Lipinski definition) is 1. The number of carbonyl (C=O) groups is 1. The van der Waals surface area contributed by atoms with E-state index in [0.717, 1.165) is 0 Å². The molecule has 0 saturated carbocycles. The van der Waals surface area contributed by atoms with Gasteiger partial charge >= 0.3 is 5.97 Å². The molecule has 1 aromatic carbocycles. The van der Waals surface area contributed by atoms with Gasteiger partial charge in [-0.05, 0) is 30.7 Å². The molecule has 1 heterocycles. The van der Waals surface area contributed by atoms with E-state index in [0.29, 0.717) is 38.5 Å². The highest BCUT2D eigenvalue weighted by Crippen LogP contribution is 2.20. The molecule has 0 spiro atoms. The second-order valence-corrected chi connectivity index (χ2v) is 6.77. The number of hydrogen-bond acceptors (Lipinski definition) is 5. The van der Waals surface area contributed by atoms with Crippen molar-refractivity contribution in [1.29, 1.82) is 0 Å². The molecule has 0 unspecified atom stereocenters. The summed E-state index contributed by atoms with van der Waals surface area (Å²) < 4.78 is 36.7. The SMILES string of the molecule is O=C(O)CCCOc1ccc(S(=O)(=O)N2CCOCC2)cc1. The van der Waals surface area contributed by atoms with Crippen molar-refractivity contribution in [2.24, 2.45) is 0 Å². The van der Waals surface area contributed by atoms with Crippen LogP contribution in [-0.4, -0.2) is 56.7 Å². The van der Waals surface area contributed by atoms with Crippen molar-refractivity contribution in [2.75, 3.05) is 32.9 Å². The number of carboxylic acids is 1. The molecule has 7 nitrogen and oxygen atoms in total. The third-order valence-electron chi connectivity index (χ3n) is 3.24. The number of rotatable bonds is 7. The summed E-state index contributed by atoms with van der Waals surface area (Å²) in [7, 11) is -3.50. The third-order valence-corrected chi connectivity index (χ3v) is 5.15. The van der Waals surface area contributed by atoms with Crippen LogP contribution in [0.25, 0.3) is 0 Å². The lowest BCUT2D eigenvalue weighted by Gasteiger charge is -2.26. The lowest BCUT2D eigenvalue weighted by molar-refractivity contribution is -0.137. The van der Waals surface area contributed by atoms with Gasteiger partial charge in [-0.2, -0.15) is 4.31 Å². The van der Waals surface area contributed by atoms with E-state index >= 15 is 0 Å². The number of ether oxygens (including phenoxy) is 2. The van der Waals surface area contributed by atoms with Gasteiger partial charge < -0.3 is 14.6 Å². The molecule has 0 bridgehead atoms. The molecule has 1 fully saturated rings. The molecule has 0 radical (unpaired) electrons. The van der Waals surface area contributed by atoms with E-state index in [9.17, 15) is 13.2 Å². The van der Waals surface area contributed by atoms with Gasteiger partial charge in [0.25, 0.3) is 0 Å². The highest BCUT2D eigenvalue weighted by molar-refractivity contribution is 7.89. The summed E-state index contributed by atoms with van der Waals surface area (Å²) in [4.78, 5) is 10.6. The zero-order valence-corrected chi connectivity index (χ0v) is 12.9. The van der Waals surface area contributed by atoms with Crippen molar-refractivity contribution in [3.63, 3.8) is 0 Å². The molecule has 0 atom stereocenters. The molecule has 0 aliphatic carbocycles. The fourth-order valence-electron chi connectivity index (χ4n) is 2.06. The maximum atomic E-state index is 12.4. The molecule has 1 aliphatic rings. The monoisotopic (exact) mass is 329 g/mol. The van der Waals surface area contributed by atoms with Gasteiger partial charge in [-0.15, -0.1) is 0 Å². The molecular formula is C14H19NO6S. The highest BCUT2D eigenvalue weighted by atomic mass is 32.2. The molecule has 122 valence electrons. The number of sulfonamides is 1. The number of carboxylic acid groups (broad SMARTS) is 1.